The van der Waals surface area contributed by atoms with Crippen molar-refractivity contribution < 1.29 is 0 Å². The minimum Gasteiger partial charge on any atom is -0.310 e. The number of hydrogen-bond donors (Lipinski definition) is 0. The summed E-state index contributed by atoms with van der Waals surface area (Å²) in [6.07, 6.45) is 0. The normalized spacial score (nSPS) is 13.2. The highest BCUT2D eigenvalue weighted by molar-refractivity contribution is 6.18. The first-order chi connectivity index (χ1) is 24.6. The van der Waals surface area contributed by atoms with Crippen molar-refractivity contribution in [3.63, 3.8) is 0 Å². The van der Waals surface area contributed by atoms with Crippen molar-refractivity contribution in [2.24, 2.45) is 0 Å². The molecule has 0 unspecified atom stereocenters. The minimum atomic E-state index is -0.0793. The second-order valence-electron chi connectivity index (χ2n) is 14.1. The number of anilines is 3. The van der Waals surface area contributed by atoms with E-state index in [1.807, 2.05) is 0 Å². The van der Waals surface area contributed by atoms with E-state index in [0.29, 0.717) is 0 Å². The van der Waals surface area contributed by atoms with Crippen molar-refractivity contribution in [1.29, 1.82) is 0 Å². The third-order valence-corrected chi connectivity index (χ3v) is 11.0. The molecule has 0 atom stereocenters. The first kappa shape index (κ1) is 28.8. The molecule has 0 spiro atoms. The molecular formula is C49H35N. The fourth-order valence-corrected chi connectivity index (χ4v) is 8.63. The Hall–Kier alpha value is -6.18. The Morgan fingerprint density at radius 2 is 0.880 bits per heavy atom. The molecule has 236 valence electrons. The highest BCUT2D eigenvalue weighted by atomic mass is 15.1. The summed E-state index contributed by atoms with van der Waals surface area (Å²) in [6.45, 7) is 4.71. The Labute approximate surface area is 293 Å². The zero-order chi connectivity index (χ0) is 33.4. The van der Waals surface area contributed by atoms with E-state index in [4.69, 9.17) is 0 Å². The monoisotopic (exact) mass is 637 g/mol. The number of rotatable bonds is 5. The molecule has 50 heavy (non-hydrogen) atoms. The number of hydrogen-bond acceptors (Lipinski definition) is 1. The van der Waals surface area contributed by atoms with Crippen LogP contribution < -0.4 is 4.90 Å². The van der Waals surface area contributed by atoms with Gasteiger partial charge in [0.2, 0.25) is 0 Å². The Bertz CT molecular complexity index is 2560. The second-order valence-corrected chi connectivity index (χ2v) is 14.1. The van der Waals surface area contributed by atoms with Crippen LogP contribution in [0.15, 0.2) is 176 Å². The average Bonchev–Trinajstić information content (AvgIpc) is 3.63. The largest absolute Gasteiger partial charge is 0.310 e. The topological polar surface area (TPSA) is 3.24 Å². The predicted octanol–water partition coefficient (Wildman–Crippen LogP) is 13.6. The lowest BCUT2D eigenvalue weighted by atomic mass is 9.82. The summed E-state index contributed by atoms with van der Waals surface area (Å²) < 4.78 is 0. The van der Waals surface area contributed by atoms with Crippen LogP contribution in [0.25, 0.3) is 66.4 Å². The molecule has 10 rings (SSSR count). The standard InChI is InChI=1S/C49H35N/c1-49(2)44-19-9-8-16-43(44)48-45(49)20-11-21-46(48)50(35-26-22-33(23-27-35)32-12-4-3-5-13-32)36-28-24-34(25-29-36)37-30-31-42-39-15-7-6-14-38(39)41-18-10-17-40(37)47(41)42/h3-31H,1-2H3. The molecule has 8 aromatic carbocycles. The van der Waals surface area contributed by atoms with E-state index in [1.54, 1.807) is 0 Å². The van der Waals surface area contributed by atoms with Crippen molar-refractivity contribution in [2.45, 2.75) is 19.3 Å². The van der Waals surface area contributed by atoms with Crippen molar-refractivity contribution in [1.82, 2.24) is 0 Å². The quantitative estimate of drug-likeness (QED) is 0.181. The lowest BCUT2D eigenvalue weighted by molar-refractivity contribution is 0.660. The van der Waals surface area contributed by atoms with Crippen LogP contribution in [-0.4, -0.2) is 0 Å². The lowest BCUT2D eigenvalue weighted by Gasteiger charge is -2.29. The fourth-order valence-electron chi connectivity index (χ4n) is 8.63. The van der Waals surface area contributed by atoms with Gasteiger partial charge in [-0.15, -0.1) is 0 Å². The first-order valence-corrected chi connectivity index (χ1v) is 17.5. The van der Waals surface area contributed by atoms with Crippen LogP contribution in [-0.2, 0) is 5.41 Å². The molecule has 0 bridgehead atoms. The summed E-state index contributed by atoms with van der Waals surface area (Å²) in [7, 11) is 0. The van der Waals surface area contributed by atoms with E-state index in [1.165, 1.54) is 83.2 Å². The summed E-state index contributed by atoms with van der Waals surface area (Å²) in [5, 5.41) is 2.66. The van der Waals surface area contributed by atoms with Gasteiger partial charge in [-0.2, -0.15) is 0 Å². The molecule has 1 heteroatoms. The first-order valence-electron chi connectivity index (χ1n) is 17.5. The van der Waals surface area contributed by atoms with E-state index in [2.05, 4.69) is 195 Å². The Morgan fingerprint density at radius 3 is 1.60 bits per heavy atom. The second kappa shape index (κ2) is 10.9. The van der Waals surface area contributed by atoms with Gasteiger partial charge in [-0.1, -0.05) is 159 Å². The van der Waals surface area contributed by atoms with Crippen molar-refractivity contribution in [2.75, 3.05) is 4.90 Å². The van der Waals surface area contributed by atoms with E-state index < -0.39 is 0 Å². The molecular weight excluding hydrogens is 603 g/mol. The molecule has 0 aliphatic heterocycles. The zero-order valence-corrected chi connectivity index (χ0v) is 28.2. The highest BCUT2D eigenvalue weighted by Crippen LogP contribution is 2.54. The maximum absolute atomic E-state index is 2.44. The maximum Gasteiger partial charge on any atom is 0.0543 e. The van der Waals surface area contributed by atoms with Gasteiger partial charge in [-0.3, -0.25) is 0 Å². The maximum atomic E-state index is 2.44. The molecule has 0 heterocycles. The number of nitrogens with zero attached hydrogens (tertiary/aromatic N) is 1. The van der Waals surface area contributed by atoms with Crippen LogP contribution >= 0.6 is 0 Å². The molecule has 0 N–H and O–H groups in total. The van der Waals surface area contributed by atoms with E-state index in [0.717, 1.165) is 11.4 Å². The minimum absolute atomic E-state index is 0.0793. The van der Waals surface area contributed by atoms with Gasteiger partial charge in [-0.25, -0.2) is 0 Å². The van der Waals surface area contributed by atoms with Crippen LogP contribution in [0.2, 0.25) is 0 Å². The summed E-state index contributed by atoms with van der Waals surface area (Å²) in [5.41, 5.74) is 19.0. The molecule has 0 radical (unpaired) electrons. The molecule has 0 saturated heterocycles. The Morgan fingerprint density at radius 1 is 0.360 bits per heavy atom. The van der Waals surface area contributed by atoms with Crippen molar-refractivity contribution in [3.8, 4) is 55.6 Å². The van der Waals surface area contributed by atoms with Crippen molar-refractivity contribution >= 4 is 27.8 Å². The number of benzene rings is 8. The molecule has 8 aromatic rings. The summed E-state index contributed by atoms with van der Waals surface area (Å²) >= 11 is 0. The SMILES string of the molecule is CC1(C)c2ccccc2-c2c(N(c3ccc(-c4ccccc4)cc3)c3ccc(-c4ccc5c6c(cccc46)-c4ccccc4-5)cc3)cccc21. The molecule has 0 aromatic heterocycles. The number of fused-ring (bicyclic) bond motifs is 6. The third-order valence-electron chi connectivity index (χ3n) is 11.0. The van der Waals surface area contributed by atoms with Crippen LogP contribution in [0.4, 0.5) is 17.1 Å². The summed E-state index contributed by atoms with van der Waals surface area (Å²) in [6, 6.07) is 64.8. The molecule has 0 fully saturated rings. The Kier molecular flexibility index (Phi) is 6.29. The van der Waals surface area contributed by atoms with Gasteiger partial charge >= 0.3 is 0 Å². The lowest BCUT2D eigenvalue weighted by Crippen LogP contribution is -2.16. The van der Waals surface area contributed by atoms with Crippen molar-refractivity contribution in [3.05, 3.63) is 187 Å². The average molecular weight is 638 g/mol. The molecule has 2 aliphatic carbocycles. The van der Waals surface area contributed by atoms with Gasteiger partial charge in [0.05, 0.1) is 5.69 Å². The van der Waals surface area contributed by atoms with Gasteiger partial charge in [0.25, 0.3) is 0 Å². The molecule has 0 amide bonds. The van der Waals surface area contributed by atoms with Gasteiger partial charge in [0, 0.05) is 22.4 Å². The van der Waals surface area contributed by atoms with Gasteiger partial charge < -0.3 is 4.90 Å². The zero-order valence-electron chi connectivity index (χ0n) is 28.2. The molecule has 0 saturated carbocycles. The van der Waals surface area contributed by atoms with E-state index >= 15 is 0 Å². The van der Waals surface area contributed by atoms with Gasteiger partial charge in [0.1, 0.15) is 0 Å². The fraction of sp³-hybridized carbons (Fsp3) is 0.0612. The van der Waals surface area contributed by atoms with Crippen LogP contribution in [0.5, 0.6) is 0 Å². The van der Waals surface area contributed by atoms with E-state index in [9.17, 15) is 0 Å². The van der Waals surface area contributed by atoms with Crippen LogP contribution in [0.1, 0.15) is 25.0 Å². The van der Waals surface area contributed by atoms with Crippen LogP contribution in [0, 0.1) is 0 Å². The predicted molar refractivity (Wildman–Crippen MR) is 211 cm³/mol. The third kappa shape index (κ3) is 4.20. The van der Waals surface area contributed by atoms with E-state index in [-0.39, 0.29) is 5.41 Å². The highest BCUT2D eigenvalue weighted by Gasteiger charge is 2.37. The Balaban J connectivity index is 1.12. The smallest absolute Gasteiger partial charge is 0.0543 e. The van der Waals surface area contributed by atoms with Gasteiger partial charge in [-0.05, 0) is 102 Å². The van der Waals surface area contributed by atoms with Crippen LogP contribution in [0.3, 0.4) is 0 Å². The summed E-state index contributed by atoms with van der Waals surface area (Å²) in [5.74, 6) is 0. The molecule has 2 aliphatic rings. The molecule has 1 nitrogen and oxygen atoms in total. The summed E-state index contributed by atoms with van der Waals surface area (Å²) in [4.78, 5) is 2.44. The van der Waals surface area contributed by atoms with Gasteiger partial charge in [0.15, 0.2) is 0 Å².